The SMILES string of the molecule is Cl.ClCc1nnc(C2CC2)n1C1CC1. The highest BCUT2D eigenvalue weighted by atomic mass is 35.5. The van der Waals surface area contributed by atoms with Crippen LogP contribution in [-0.2, 0) is 5.88 Å². The number of hydrogen-bond donors (Lipinski definition) is 0. The molecule has 2 saturated carbocycles. The van der Waals surface area contributed by atoms with Gasteiger partial charge in [-0.3, -0.25) is 0 Å². The van der Waals surface area contributed by atoms with E-state index in [1.54, 1.807) is 0 Å². The van der Waals surface area contributed by atoms with Gasteiger partial charge in [0, 0.05) is 12.0 Å². The fourth-order valence-corrected chi connectivity index (χ4v) is 1.96. The summed E-state index contributed by atoms with van der Waals surface area (Å²) in [5.41, 5.74) is 0. The second-order valence-corrected chi connectivity index (χ2v) is 4.25. The van der Waals surface area contributed by atoms with Crippen LogP contribution in [0.25, 0.3) is 0 Å². The number of alkyl halides is 1. The highest BCUT2D eigenvalue weighted by molar-refractivity contribution is 6.16. The monoisotopic (exact) mass is 233 g/mol. The van der Waals surface area contributed by atoms with Gasteiger partial charge in [0.1, 0.15) is 11.6 Å². The van der Waals surface area contributed by atoms with Crippen molar-refractivity contribution in [3.05, 3.63) is 11.6 Å². The predicted molar refractivity (Wildman–Crippen MR) is 57.1 cm³/mol. The Bertz CT molecular complexity index is 329. The summed E-state index contributed by atoms with van der Waals surface area (Å²) in [4.78, 5) is 0. The van der Waals surface area contributed by atoms with Crippen LogP contribution < -0.4 is 0 Å². The summed E-state index contributed by atoms with van der Waals surface area (Å²) in [5.74, 6) is 3.34. The van der Waals surface area contributed by atoms with Crippen molar-refractivity contribution in [1.29, 1.82) is 0 Å². The molecule has 1 aromatic rings. The summed E-state index contributed by atoms with van der Waals surface area (Å²) in [6.07, 6.45) is 5.13. The Hall–Kier alpha value is -0.280. The number of hydrogen-bond acceptors (Lipinski definition) is 2. The zero-order valence-electron chi connectivity index (χ0n) is 7.82. The Morgan fingerprint density at radius 2 is 1.93 bits per heavy atom. The summed E-state index contributed by atoms with van der Waals surface area (Å²) < 4.78 is 2.28. The summed E-state index contributed by atoms with van der Waals surface area (Å²) in [5, 5.41) is 8.38. The molecule has 3 nitrogen and oxygen atoms in total. The van der Waals surface area contributed by atoms with E-state index in [1.807, 2.05) is 0 Å². The topological polar surface area (TPSA) is 30.7 Å². The van der Waals surface area contributed by atoms with Crippen molar-refractivity contribution in [2.45, 2.75) is 43.5 Å². The zero-order chi connectivity index (χ0) is 8.84. The van der Waals surface area contributed by atoms with Crippen LogP contribution in [0, 0.1) is 0 Å². The molecule has 3 rings (SSSR count). The minimum Gasteiger partial charge on any atom is -0.311 e. The van der Waals surface area contributed by atoms with Crippen molar-refractivity contribution in [3.8, 4) is 0 Å². The average molecular weight is 234 g/mol. The fraction of sp³-hybridized carbons (Fsp3) is 0.778. The van der Waals surface area contributed by atoms with Crippen molar-refractivity contribution < 1.29 is 0 Å². The van der Waals surface area contributed by atoms with Crippen molar-refractivity contribution in [3.63, 3.8) is 0 Å². The van der Waals surface area contributed by atoms with Crippen LogP contribution in [-0.4, -0.2) is 14.8 Å². The van der Waals surface area contributed by atoms with Gasteiger partial charge in [0.15, 0.2) is 0 Å². The van der Waals surface area contributed by atoms with Crippen LogP contribution >= 0.6 is 24.0 Å². The smallest absolute Gasteiger partial charge is 0.148 e. The van der Waals surface area contributed by atoms with Crippen molar-refractivity contribution in [1.82, 2.24) is 14.8 Å². The van der Waals surface area contributed by atoms with Crippen molar-refractivity contribution >= 4 is 24.0 Å². The van der Waals surface area contributed by atoms with Crippen LogP contribution in [0.4, 0.5) is 0 Å². The molecule has 0 atom stereocenters. The summed E-state index contributed by atoms with van der Waals surface area (Å²) >= 11 is 5.82. The van der Waals surface area contributed by atoms with E-state index in [2.05, 4.69) is 14.8 Å². The standard InChI is InChI=1S/C9H12ClN3.ClH/c10-5-8-11-12-9(6-1-2-6)13(8)7-3-4-7;/h6-7H,1-5H2;1H. The second-order valence-electron chi connectivity index (χ2n) is 3.98. The summed E-state index contributed by atoms with van der Waals surface area (Å²) in [6.45, 7) is 0. The molecule has 0 aliphatic heterocycles. The highest BCUT2D eigenvalue weighted by Crippen LogP contribution is 2.44. The molecule has 0 bridgehead atoms. The summed E-state index contributed by atoms with van der Waals surface area (Å²) in [7, 11) is 0. The van der Waals surface area contributed by atoms with Crippen molar-refractivity contribution in [2.24, 2.45) is 0 Å². The maximum Gasteiger partial charge on any atom is 0.148 e. The fourth-order valence-electron chi connectivity index (χ4n) is 1.78. The first-order valence-electron chi connectivity index (χ1n) is 4.90. The van der Waals surface area contributed by atoms with E-state index >= 15 is 0 Å². The minimum absolute atomic E-state index is 0. The lowest BCUT2D eigenvalue weighted by Crippen LogP contribution is -2.03. The Kier molecular flexibility index (Phi) is 2.71. The third kappa shape index (κ3) is 1.63. The number of halogens is 2. The van der Waals surface area contributed by atoms with Gasteiger partial charge in [0.2, 0.25) is 0 Å². The first kappa shape index (κ1) is 10.2. The molecule has 0 N–H and O–H groups in total. The van der Waals surface area contributed by atoms with E-state index in [0.717, 1.165) is 5.82 Å². The molecule has 5 heteroatoms. The molecule has 78 valence electrons. The van der Waals surface area contributed by atoms with Crippen LogP contribution in [0.15, 0.2) is 0 Å². The van der Waals surface area contributed by atoms with Crippen LogP contribution in [0.1, 0.15) is 49.3 Å². The van der Waals surface area contributed by atoms with Gasteiger partial charge in [0.25, 0.3) is 0 Å². The minimum atomic E-state index is 0. The largest absolute Gasteiger partial charge is 0.311 e. The Morgan fingerprint density at radius 1 is 1.21 bits per heavy atom. The first-order valence-corrected chi connectivity index (χ1v) is 5.43. The molecule has 2 aliphatic carbocycles. The van der Waals surface area contributed by atoms with Gasteiger partial charge in [-0.1, -0.05) is 0 Å². The highest BCUT2D eigenvalue weighted by Gasteiger charge is 2.35. The molecular weight excluding hydrogens is 221 g/mol. The molecule has 0 spiro atoms. The van der Waals surface area contributed by atoms with Gasteiger partial charge >= 0.3 is 0 Å². The first-order chi connectivity index (χ1) is 6.40. The molecule has 1 aromatic heterocycles. The molecule has 14 heavy (non-hydrogen) atoms. The average Bonchev–Trinajstić information content (AvgIpc) is 3.03. The van der Waals surface area contributed by atoms with E-state index in [-0.39, 0.29) is 12.4 Å². The van der Waals surface area contributed by atoms with E-state index in [4.69, 9.17) is 11.6 Å². The normalized spacial score (nSPS) is 20.6. The van der Waals surface area contributed by atoms with Crippen LogP contribution in [0.2, 0.25) is 0 Å². The van der Waals surface area contributed by atoms with Crippen LogP contribution in [0.5, 0.6) is 0 Å². The molecule has 0 unspecified atom stereocenters. The second kappa shape index (κ2) is 3.70. The van der Waals surface area contributed by atoms with E-state index in [1.165, 1.54) is 31.5 Å². The van der Waals surface area contributed by atoms with Gasteiger partial charge in [-0.25, -0.2) is 0 Å². The Morgan fingerprint density at radius 3 is 2.43 bits per heavy atom. The maximum absolute atomic E-state index is 5.82. The maximum atomic E-state index is 5.82. The third-order valence-electron chi connectivity index (χ3n) is 2.77. The van der Waals surface area contributed by atoms with Gasteiger partial charge in [-0.2, -0.15) is 0 Å². The van der Waals surface area contributed by atoms with E-state index < -0.39 is 0 Å². The van der Waals surface area contributed by atoms with Gasteiger partial charge in [0.05, 0.1) is 5.88 Å². The quantitative estimate of drug-likeness (QED) is 0.752. The molecular formula is C9H13Cl2N3. The third-order valence-corrected chi connectivity index (χ3v) is 3.01. The van der Waals surface area contributed by atoms with Crippen molar-refractivity contribution in [2.75, 3.05) is 0 Å². The van der Waals surface area contributed by atoms with E-state index in [0.29, 0.717) is 17.8 Å². The van der Waals surface area contributed by atoms with Gasteiger partial charge in [-0.15, -0.1) is 34.2 Å². The molecule has 0 amide bonds. The molecule has 1 heterocycles. The lowest BCUT2D eigenvalue weighted by Gasteiger charge is -2.05. The zero-order valence-corrected chi connectivity index (χ0v) is 9.39. The molecule has 0 aromatic carbocycles. The Labute approximate surface area is 94.3 Å². The number of aromatic nitrogens is 3. The lowest BCUT2D eigenvalue weighted by molar-refractivity contribution is 0.660. The molecule has 0 saturated heterocycles. The van der Waals surface area contributed by atoms with E-state index in [9.17, 15) is 0 Å². The number of nitrogens with zero attached hydrogens (tertiary/aromatic N) is 3. The van der Waals surface area contributed by atoms with Crippen LogP contribution in [0.3, 0.4) is 0 Å². The molecule has 0 radical (unpaired) electrons. The number of rotatable bonds is 3. The summed E-state index contributed by atoms with van der Waals surface area (Å²) in [6, 6.07) is 0.666. The molecule has 2 aliphatic rings. The van der Waals surface area contributed by atoms with Gasteiger partial charge in [-0.05, 0) is 25.7 Å². The lowest BCUT2D eigenvalue weighted by atomic mass is 10.4. The Balaban J connectivity index is 0.000000750. The van der Waals surface area contributed by atoms with Gasteiger partial charge < -0.3 is 4.57 Å². The predicted octanol–water partition coefficient (Wildman–Crippen LogP) is 2.65. The molecule has 2 fully saturated rings.